The molecule has 17 heavy (non-hydrogen) atoms. The maximum Gasteiger partial charge on any atom is 0.355 e. The third-order valence-corrected chi connectivity index (χ3v) is 4.16. The summed E-state index contributed by atoms with van der Waals surface area (Å²) in [5.74, 6) is -0.255. The van der Waals surface area contributed by atoms with Crippen molar-refractivity contribution in [2.45, 2.75) is 17.6 Å². The van der Waals surface area contributed by atoms with Gasteiger partial charge in [-0.1, -0.05) is 17.7 Å². The standard InChI is InChI=1S/C12H11NO2S2/c1-8-3-2-4-9(5-8)16-7-11-13-10(6-17-11)12(14)15/h2-6H,7H2,1H3,(H,14,15). The van der Waals surface area contributed by atoms with Crippen LogP contribution in [-0.4, -0.2) is 16.1 Å². The van der Waals surface area contributed by atoms with Crippen LogP contribution >= 0.6 is 23.1 Å². The van der Waals surface area contributed by atoms with E-state index in [0.29, 0.717) is 5.75 Å². The Morgan fingerprint density at radius 3 is 3.00 bits per heavy atom. The molecule has 3 nitrogen and oxygen atoms in total. The number of thioether (sulfide) groups is 1. The van der Waals surface area contributed by atoms with Gasteiger partial charge in [-0.2, -0.15) is 0 Å². The predicted molar refractivity (Wildman–Crippen MR) is 69.8 cm³/mol. The zero-order valence-electron chi connectivity index (χ0n) is 9.21. The van der Waals surface area contributed by atoms with Gasteiger partial charge in [0.2, 0.25) is 0 Å². The average Bonchev–Trinajstić information content (AvgIpc) is 2.75. The SMILES string of the molecule is Cc1cccc(SCc2nc(C(=O)O)cs2)c1. The van der Waals surface area contributed by atoms with Crippen molar-refractivity contribution in [3.63, 3.8) is 0 Å². The van der Waals surface area contributed by atoms with E-state index in [1.165, 1.54) is 21.8 Å². The lowest BCUT2D eigenvalue weighted by Crippen LogP contribution is -1.96. The predicted octanol–water partition coefficient (Wildman–Crippen LogP) is 3.44. The molecule has 0 aliphatic carbocycles. The lowest BCUT2D eigenvalue weighted by molar-refractivity contribution is 0.0691. The van der Waals surface area contributed by atoms with Gasteiger partial charge in [0.1, 0.15) is 5.01 Å². The van der Waals surface area contributed by atoms with E-state index < -0.39 is 5.97 Å². The van der Waals surface area contributed by atoms with Crippen LogP contribution in [0.3, 0.4) is 0 Å². The number of aromatic carboxylic acids is 1. The number of carboxylic acid groups (broad SMARTS) is 1. The molecule has 0 aliphatic rings. The number of hydrogen-bond donors (Lipinski definition) is 1. The number of carbonyl (C=O) groups is 1. The van der Waals surface area contributed by atoms with Crippen molar-refractivity contribution in [2.75, 3.05) is 0 Å². The summed E-state index contributed by atoms with van der Waals surface area (Å²) in [6.07, 6.45) is 0. The summed E-state index contributed by atoms with van der Waals surface area (Å²) in [7, 11) is 0. The third kappa shape index (κ3) is 3.31. The summed E-state index contributed by atoms with van der Waals surface area (Å²) in [6, 6.07) is 8.22. The molecule has 1 aromatic heterocycles. The van der Waals surface area contributed by atoms with Crippen molar-refractivity contribution < 1.29 is 9.90 Å². The van der Waals surface area contributed by atoms with Gasteiger partial charge in [0.25, 0.3) is 0 Å². The van der Waals surface area contributed by atoms with Crippen LogP contribution in [-0.2, 0) is 5.75 Å². The number of aryl methyl sites for hydroxylation is 1. The fraction of sp³-hybridized carbons (Fsp3) is 0.167. The van der Waals surface area contributed by atoms with Crippen molar-refractivity contribution in [1.29, 1.82) is 0 Å². The Morgan fingerprint density at radius 1 is 1.53 bits per heavy atom. The topological polar surface area (TPSA) is 50.2 Å². The number of hydrogen-bond acceptors (Lipinski definition) is 4. The number of benzene rings is 1. The van der Waals surface area contributed by atoms with Gasteiger partial charge in [0.05, 0.1) is 5.75 Å². The number of aromatic nitrogens is 1. The number of nitrogens with zero attached hydrogens (tertiary/aromatic N) is 1. The van der Waals surface area contributed by atoms with E-state index in [4.69, 9.17) is 5.11 Å². The van der Waals surface area contributed by atoms with Crippen molar-refractivity contribution in [3.8, 4) is 0 Å². The van der Waals surface area contributed by atoms with Gasteiger partial charge in [-0.3, -0.25) is 0 Å². The summed E-state index contributed by atoms with van der Waals surface area (Å²) >= 11 is 3.06. The first-order valence-electron chi connectivity index (χ1n) is 5.02. The Bertz CT molecular complexity index is 537. The fourth-order valence-corrected chi connectivity index (χ4v) is 3.13. The number of carboxylic acids is 1. The molecule has 2 rings (SSSR count). The van der Waals surface area contributed by atoms with Crippen LogP contribution in [0.15, 0.2) is 34.5 Å². The Kier molecular flexibility index (Phi) is 3.81. The van der Waals surface area contributed by atoms with E-state index >= 15 is 0 Å². The van der Waals surface area contributed by atoms with Crippen molar-refractivity contribution >= 4 is 29.1 Å². The molecule has 0 bridgehead atoms. The molecule has 88 valence electrons. The minimum Gasteiger partial charge on any atom is -0.476 e. The Labute approximate surface area is 108 Å². The lowest BCUT2D eigenvalue weighted by Gasteiger charge is -2.00. The summed E-state index contributed by atoms with van der Waals surface area (Å²) in [4.78, 5) is 15.9. The normalized spacial score (nSPS) is 10.4. The van der Waals surface area contributed by atoms with Crippen LogP contribution in [0.2, 0.25) is 0 Å². The maximum atomic E-state index is 10.7. The van der Waals surface area contributed by atoms with E-state index in [-0.39, 0.29) is 5.69 Å². The molecule has 1 N–H and O–H groups in total. The van der Waals surface area contributed by atoms with E-state index in [1.807, 2.05) is 12.1 Å². The van der Waals surface area contributed by atoms with Gasteiger partial charge in [-0.15, -0.1) is 23.1 Å². The highest BCUT2D eigenvalue weighted by atomic mass is 32.2. The molecular weight excluding hydrogens is 254 g/mol. The van der Waals surface area contributed by atoms with Crippen LogP contribution in [0.4, 0.5) is 0 Å². The minimum absolute atomic E-state index is 0.134. The molecule has 5 heteroatoms. The van der Waals surface area contributed by atoms with Gasteiger partial charge in [0.15, 0.2) is 5.69 Å². The van der Waals surface area contributed by atoms with Crippen LogP contribution < -0.4 is 0 Å². The molecule has 0 atom stereocenters. The highest BCUT2D eigenvalue weighted by Gasteiger charge is 2.08. The van der Waals surface area contributed by atoms with Crippen LogP contribution in [0.1, 0.15) is 21.1 Å². The van der Waals surface area contributed by atoms with Gasteiger partial charge in [-0.05, 0) is 19.1 Å². The Hall–Kier alpha value is -1.33. The number of rotatable bonds is 4. The molecule has 2 aromatic rings. The van der Waals surface area contributed by atoms with Gasteiger partial charge >= 0.3 is 5.97 Å². The second kappa shape index (κ2) is 5.33. The zero-order valence-corrected chi connectivity index (χ0v) is 10.8. The molecule has 0 radical (unpaired) electrons. The lowest BCUT2D eigenvalue weighted by atomic mass is 10.2. The van der Waals surface area contributed by atoms with Gasteiger partial charge < -0.3 is 5.11 Å². The monoisotopic (exact) mass is 265 g/mol. The van der Waals surface area contributed by atoms with Crippen molar-refractivity contribution in [3.05, 3.63) is 45.9 Å². The van der Waals surface area contributed by atoms with E-state index in [2.05, 4.69) is 24.0 Å². The molecule has 0 fully saturated rings. The minimum atomic E-state index is -0.965. The van der Waals surface area contributed by atoms with E-state index in [0.717, 1.165) is 5.01 Å². The number of thiazole rings is 1. The first-order valence-corrected chi connectivity index (χ1v) is 6.89. The largest absolute Gasteiger partial charge is 0.476 e. The zero-order chi connectivity index (χ0) is 12.3. The first kappa shape index (κ1) is 12.1. The quantitative estimate of drug-likeness (QED) is 0.860. The molecule has 0 spiro atoms. The molecule has 0 aliphatic heterocycles. The second-order valence-electron chi connectivity index (χ2n) is 3.54. The second-order valence-corrected chi connectivity index (χ2v) is 5.53. The van der Waals surface area contributed by atoms with E-state index in [9.17, 15) is 4.79 Å². The Morgan fingerprint density at radius 2 is 2.35 bits per heavy atom. The van der Waals surface area contributed by atoms with E-state index in [1.54, 1.807) is 17.1 Å². The summed E-state index contributed by atoms with van der Waals surface area (Å²) in [5, 5.41) is 11.2. The summed E-state index contributed by atoms with van der Waals surface area (Å²) < 4.78 is 0. The van der Waals surface area contributed by atoms with Crippen molar-refractivity contribution in [2.24, 2.45) is 0 Å². The molecule has 1 heterocycles. The van der Waals surface area contributed by atoms with Crippen LogP contribution in [0.5, 0.6) is 0 Å². The molecule has 0 saturated carbocycles. The van der Waals surface area contributed by atoms with Crippen molar-refractivity contribution in [1.82, 2.24) is 4.98 Å². The van der Waals surface area contributed by atoms with Crippen LogP contribution in [0.25, 0.3) is 0 Å². The van der Waals surface area contributed by atoms with Gasteiger partial charge in [-0.25, -0.2) is 9.78 Å². The third-order valence-electron chi connectivity index (χ3n) is 2.12. The summed E-state index contributed by atoms with van der Waals surface area (Å²) in [5.41, 5.74) is 1.36. The first-order chi connectivity index (χ1) is 8.15. The highest BCUT2D eigenvalue weighted by Crippen LogP contribution is 2.25. The smallest absolute Gasteiger partial charge is 0.355 e. The molecule has 0 unspecified atom stereocenters. The molecular formula is C12H11NO2S2. The van der Waals surface area contributed by atoms with Crippen LogP contribution in [0, 0.1) is 6.92 Å². The fourth-order valence-electron chi connectivity index (χ4n) is 1.33. The summed E-state index contributed by atoms with van der Waals surface area (Å²) in [6.45, 7) is 2.05. The Balaban J connectivity index is 2.00. The molecule has 0 amide bonds. The molecule has 0 saturated heterocycles. The highest BCUT2D eigenvalue weighted by molar-refractivity contribution is 7.98. The van der Waals surface area contributed by atoms with Gasteiger partial charge in [0, 0.05) is 10.3 Å². The maximum absolute atomic E-state index is 10.7. The molecule has 1 aromatic carbocycles. The average molecular weight is 265 g/mol.